The molecule has 3 aromatic rings. The second kappa shape index (κ2) is 6.31. The molecule has 22 heavy (non-hydrogen) atoms. The summed E-state index contributed by atoms with van der Waals surface area (Å²) in [6.45, 7) is 2.18. The Kier molecular flexibility index (Phi) is 4.05. The number of carbonyl (C=O) groups is 1. The van der Waals surface area contributed by atoms with Crippen molar-refractivity contribution in [3.8, 4) is 11.3 Å². The summed E-state index contributed by atoms with van der Waals surface area (Å²) in [5.41, 5.74) is 4.13. The largest absolute Gasteiger partial charge is 0.463 e. The number of hydrogen-bond acceptors (Lipinski definition) is 2. The Labute approximate surface area is 129 Å². The first-order valence-corrected chi connectivity index (χ1v) is 7.30. The Bertz CT molecular complexity index is 816. The van der Waals surface area contributed by atoms with Gasteiger partial charge in [-0.15, -0.1) is 0 Å². The molecule has 0 amide bonds. The zero-order valence-electron chi connectivity index (χ0n) is 12.4. The van der Waals surface area contributed by atoms with Crippen molar-refractivity contribution < 1.29 is 9.53 Å². The molecule has 0 atom stereocenters. The van der Waals surface area contributed by atoms with Crippen LogP contribution >= 0.6 is 0 Å². The Morgan fingerprint density at radius 1 is 1.09 bits per heavy atom. The van der Waals surface area contributed by atoms with E-state index < -0.39 is 0 Å². The maximum absolute atomic E-state index is 11.6. The van der Waals surface area contributed by atoms with Gasteiger partial charge in [-0.05, 0) is 24.6 Å². The third kappa shape index (κ3) is 2.79. The normalized spacial score (nSPS) is 11.1. The van der Waals surface area contributed by atoms with E-state index in [9.17, 15) is 4.79 Å². The summed E-state index contributed by atoms with van der Waals surface area (Å²) in [5.74, 6) is -0.327. The number of ether oxygens (including phenoxy) is 1. The number of aromatic nitrogens is 1. The lowest BCUT2D eigenvalue weighted by Gasteiger charge is -2.01. The monoisotopic (exact) mass is 291 g/mol. The Hall–Kier alpha value is -2.81. The molecule has 3 heteroatoms. The molecule has 0 fully saturated rings. The average Bonchev–Trinajstić information content (AvgIpc) is 2.93. The lowest BCUT2D eigenvalue weighted by Crippen LogP contribution is -1.98. The summed E-state index contributed by atoms with van der Waals surface area (Å²) in [6.07, 6.45) is 3.30. The summed E-state index contributed by atoms with van der Waals surface area (Å²) in [6, 6.07) is 18.1. The van der Waals surface area contributed by atoms with Crippen LogP contribution in [0, 0.1) is 0 Å². The second-order valence-corrected chi connectivity index (χ2v) is 4.91. The van der Waals surface area contributed by atoms with Gasteiger partial charge in [0.2, 0.25) is 0 Å². The van der Waals surface area contributed by atoms with E-state index in [4.69, 9.17) is 4.74 Å². The van der Waals surface area contributed by atoms with E-state index in [0.29, 0.717) is 6.61 Å². The first kappa shape index (κ1) is 14.1. The molecule has 1 heterocycles. The van der Waals surface area contributed by atoms with Crippen LogP contribution in [-0.2, 0) is 9.53 Å². The number of hydrogen-bond donors (Lipinski definition) is 1. The second-order valence-electron chi connectivity index (χ2n) is 4.91. The number of para-hydroxylation sites is 1. The molecule has 0 saturated carbocycles. The highest BCUT2D eigenvalue weighted by Gasteiger charge is 2.10. The minimum Gasteiger partial charge on any atom is -0.463 e. The van der Waals surface area contributed by atoms with Crippen molar-refractivity contribution in [2.45, 2.75) is 6.92 Å². The number of fused-ring (bicyclic) bond motifs is 1. The van der Waals surface area contributed by atoms with Crippen molar-refractivity contribution in [3.63, 3.8) is 0 Å². The highest BCUT2D eigenvalue weighted by molar-refractivity contribution is 5.99. The topological polar surface area (TPSA) is 42.1 Å². The minimum absolute atomic E-state index is 0.327. The van der Waals surface area contributed by atoms with Gasteiger partial charge >= 0.3 is 5.97 Å². The van der Waals surface area contributed by atoms with Gasteiger partial charge in [-0.1, -0.05) is 48.5 Å². The van der Waals surface area contributed by atoms with Crippen molar-refractivity contribution in [3.05, 3.63) is 66.2 Å². The van der Waals surface area contributed by atoms with Crippen molar-refractivity contribution >= 4 is 22.9 Å². The number of esters is 1. The lowest BCUT2D eigenvalue weighted by molar-refractivity contribution is -0.137. The van der Waals surface area contributed by atoms with E-state index in [0.717, 1.165) is 27.7 Å². The van der Waals surface area contributed by atoms with Crippen LogP contribution in [0.25, 0.3) is 28.2 Å². The van der Waals surface area contributed by atoms with Crippen LogP contribution in [0.1, 0.15) is 12.5 Å². The number of carbonyl (C=O) groups excluding carboxylic acids is 1. The van der Waals surface area contributed by atoms with Gasteiger partial charge in [-0.3, -0.25) is 0 Å². The summed E-state index contributed by atoms with van der Waals surface area (Å²) in [4.78, 5) is 15.0. The Morgan fingerprint density at radius 2 is 1.82 bits per heavy atom. The lowest BCUT2D eigenvalue weighted by atomic mass is 10.0. The maximum Gasteiger partial charge on any atom is 0.330 e. The van der Waals surface area contributed by atoms with E-state index in [1.54, 1.807) is 6.92 Å². The standard InChI is InChI=1S/C19H17NO2/c1-2-22-18(21)13-12-16-15-10-6-7-11-17(15)20-19(16)14-8-4-3-5-9-14/h3-13,20H,2H2,1H3/b13-12+. The van der Waals surface area contributed by atoms with Gasteiger partial charge in [0.1, 0.15) is 0 Å². The first-order chi connectivity index (χ1) is 10.8. The van der Waals surface area contributed by atoms with E-state index in [1.165, 1.54) is 6.08 Å². The van der Waals surface area contributed by atoms with Gasteiger partial charge in [0.05, 0.1) is 12.3 Å². The van der Waals surface area contributed by atoms with Gasteiger partial charge in [-0.2, -0.15) is 0 Å². The summed E-state index contributed by atoms with van der Waals surface area (Å²) < 4.78 is 4.96. The van der Waals surface area contributed by atoms with Gasteiger partial charge in [0.15, 0.2) is 0 Å². The van der Waals surface area contributed by atoms with Crippen LogP contribution in [-0.4, -0.2) is 17.6 Å². The summed E-state index contributed by atoms with van der Waals surface area (Å²) >= 11 is 0. The molecule has 110 valence electrons. The van der Waals surface area contributed by atoms with Crippen molar-refractivity contribution in [1.29, 1.82) is 0 Å². The molecular weight excluding hydrogens is 274 g/mol. The third-order valence-electron chi connectivity index (χ3n) is 3.48. The van der Waals surface area contributed by atoms with Gasteiger partial charge in [0.25, 0.3) is 0 Å². The Balaban J connectivity index is 2.12. The van der Waals surface area contributed by atoms with Crippen molar-refractivity contribution in [1.82, 2.24) is 4.98 Å². The van der Waals surface area contributed by atoms with Crippen LogP contribution in [0.3, 0.4) is 0 Å². The molecule has 0 radical (unpaired) electrons. The molecule has 2 aromatic carbocycles. The van der Waals surface area contributed by atoms with E-state index >= 15 is 0 Å². The zero-order valence-corrected chi connectivity index (χ0v) is 12.4. The third-order valence-corrected chi connectivity index (χ3v) is 3.48. The van der Waals surface area contributed by atoms with Crippen LogP contribution in [0.4, 0.5) is 0 Å². The van der Waals surface area contributed by atoms with Gasteiger partial charge in [-0.25, -0.2) is 4.79 Å². The fourth-order valence-corrected chi connectivity index (χ4v) is 2.51. The summed E-state index contributed by atoms with van der Waals surface area (Å²) in [7, 11) is 0. The molecule has 0 aliphatic carbocycles. The molecule has 0 aliphatic heterocycles. The van der Waals surface area contributed by atoms with E-state index in [-0.39, 0.29) is 5.97 Å². The molecule has 3 rings (SSSR count). The zero-order chi connectivity index (χ0) is 15.4. The number of H-pyrrole nitrogens is 1. The maximum atomic E-state index is 11.6. The molecule has 0 aliphatic rings. The highest BCUT2D eigenvalue weighted by atomic mass is 16.5. The number of rotatable bonds is 4. The van der Waals surface area contributed by atoms with Crippen LogP contribution in [0.5, 0.6) is 0 Å². The van der Waals surface area contributed by atoms with E-state index in [2.05, 4.69) is 4.98 Å². The molecule has 0 unspecified atom stereocenters. The average molecular weight is 291 g/mol. The predicted octanol–water partition coefficient (Wildman–Crippen LogP) is 4.41. The highest BCUT2D eigenvalue weighted by Crippen LogP contribution is 2.31. The van der Waals surface area contributed by atoms with Gasteiger partial charge < -0.3 is 9.72 Å². The van der Waals surface area contributed by atoms with E-state index in [1.807, 2.05) is 60.7 Å². The molecule has 1 aromatic heterocycles. The van der Waals surface area contributed by atoms with Crippen molar-refractivity contribution in [2.24, 2.45) is 0 Å². The smallest absolute Gasteiger partial charge is 0.330 e. The summed E-state index contributed by atoms with van der Waals surface area (Å²) in [5, 5.41) is 1.09. The molecule has 0 saturated heterocycles. The molecular formula is C19H17NO2. The predicted molar refractivity (Wildman–Crippen MR) is 89.4 cm³/mol. The molecule has 0 bridgehead atoms. The number of aromatic amines is 1. The van der Waals surface area contributed by atoms with Gasteiger partial charge in [0, 0.05) is 22.5 Å². The molecule has 0 spiro atoms. The van der Waals surface area contributed by atoms with Crippen LogP contribution in [0.2, 0.25) is 0 Å². The van der Waals surface area contributed by atoms with Crippen LogP contribution < -0.4 is 0 Å². The van der Waals surface area contributed by atoms with Crippen LogP contribution in [0.15, 0.2) is 60.7 Å². The minimum atomic E-state index is -0.327. The quantitative estimate of drug-likeness (QED) is 0.571. The fraction of sp³-hybridized carbons (Fsp3) is 0.105. The number of nitrogens with one attached hydrogen (secondary N) is 1. The molecule has 3 nitrogen and oxygen atoms in total. The Morgan fingerprint density at radius 3 is 2.59 bits per heavy atom. The fourth-order valence-electron chi connectivity index (χ4n) is 2.51. The first-order valence-electron chi connectivity index (χ1n) is 7.30. The van der Waals surface area contributed by atoms with Crippen molar-refractivity contribution in [2.75, 3.05) is 6.61 Å². The SMILES string of the molecule is CCOC(=O)/C=C/c1c(-c2ccccc2)[nH]c2ccccc12. The number of benzene rings is 2. The molecule has 1 N–H and O–H groups in total.